The van der Waals surface area contributed by atoms with Crippen LogP contribution in [0.4, 0.5) is 0 Å². The Bertz CT molecular complexity index is 370. The van der Waals surface area contributed by atoms with Gasteiger partial charge in [-0.15, -0.1) is 11.8 Å². The van der Waals surface area contributed by atoms with Crippen LogP contribution in [-0.4, -0.2) is 33.8 Å². The van der Waals surface area contributed by atoms with Crippen molar-refractivity contribution in [1.82, 2.24) is 10.3 Å². The lowest BCUT2D eigenvalue weighted by Gasteiger charge is -2.12. The maximum absolute atomic E-state index is 10.8. The molecule has 1 rings (SSSR count). The number of thioether (sulfide) groups is 1. The molecule has 0 saturated heterocycles. The van der Waals surface area contributed by atoms with E-state index in [-0.39, 0.29) is 5.91 Å². The summed E-state index contributed by atoms with van der Waals surface area (Å²) < 4.78 is 0. The summed E-state index contributed by atoms with van der Waals surface area (Å²) in [6.45, 7) is 1.30. The number of nitrogens with zero attached hydrogens (tertiary/aromatic N) is 1. The molecule has 86 valence electrons. The van der Waals surface area contributed by atoms with Crippen molar-refractivity contribution in [2.75, 3.05) is 5.75 Å². The van der Waals surface area contributed by atoms with Crippen LogP contribution in [0.5, 0.6) is 0 Å². The number of carbonyl (C=O) groups is 2. The molecule has 1 heterocycles. The smallest absolute Gasteiger partial charge is 0.327 e. The maximum Gasteiger partial charge on any atom is 0.327 e. The molecule has 6 heteroatoms. The minimum Gasteiger partial charge on any atom is -0.480 e. The van der Waals surface area contributed by atoms with Crippen molar-refractivity contribution < 1.29 is 14.7 Å². The highest BCUT2D eigenvalue weighted by Gasteiger charge is 2.18. The summed E-state index contributed by atoms with van der Waals surface area (Å²) in [6, 6.07) is 2.71. The van der Waals surface area contributed by atoms with Crippen molar-refractivity contribution in [3.8, 4) is 0 Å². The summed E-state index contributed by atoms with van der Waals surface area (Å²) in [5.74, 6) is -1.08. The Morgan fingerprint density at radius 3 is 2.62 bits per heavy atom. The zero-order valence-electron chi connectivity index (χ0n) is 8.71. The second kappa shape index (κ2) is 6.12. The molecule has 0 aromatic carbocycles. The number of nitrogens with one attached hydrogen (secondary N) is 1. The predicted molar refractivity (Wildman–Crippen MR) is 60.2 cm³/mol. The van der Waals surface area contributed by atoms with Gasteiger partial charge in [0.2, 0.25) is 5.91 Å². The third-order valence-corrected chi connectivity index (χ3v) is 2.85. The highest BCUT2D eigenvalue weighted by Crippen LogP contribution is 2.17. The molecule has 0 aliphatic rings. The fourth-order valence-corrected chi connectivity index (χ4v) is 1.93. The normalized spacial score (nSPS) is 11.8. The van der Waals surface area contributed by atoms with Crippen LogP contribution in [-0.2, 0) is 9.59 Å². The van der Waals surface area contributed by atoms with E-state index in [0.717, 1.165) is 4.90 Å². The number of pyridine rings is 1. The molecule has 0 aliphatic heterocycles. The Kier molecular flexibility index (Phi) is 4.78. The van der Waals surface area contributed by atoms with Gasteiger partial charge in [-0.05, 0) is 12.1 Å². The van der Waals surface area contributed by atoms with Crippen molar-refractivity contribution in [1.29, 1.82) is 0 Å². The Balaban J connectivity index is 2.50. The van der Waals surface area contributed by atoms with Crippen molar-refractivity contribution in [2.45, 2.75) is 17.9 Å². The molecule has 0 aliphatic carbocycles. The summed E-state index contributed by atoms with van der Waals surface area (Å²) >= 11 is 1.36. The number of carboxylic acid groups (broad SMARTS) is 1. The van der Waals surface area contributed by atoms with E-state index in [1.807, 2.05) is 0 Å². The molecule has 1 aromatic heterocycles. The first-order valence-electron chi connectivity index (χ1n) is 4.62. The lowest BCUT2D eigenvalue weighted by atomic mass is 10.3. The van der Waals surface area contributed by atoms with Gasteiger partial charge in [0, 0.05) is 30.0 Å². The standard InChI is InChI=1S/C10H12N2O3S/c1-7(13)12-9(10(14)15)6-16-8-2-4-11-5-3-8/h2-5,9H,6H2,1H3,(H,12,13)(H,14,15). The first-order chi connectivity index (χ1) is 7.59. The van der Waals surface area contributed by atoms with E-state index in [4.69, 9.17) is 5.11 Å². The quantitative estimate of drug-likeness (QED) is 0.743. The van der Waals surface area contributed by atoms with Gasteiger partial charge in [0.1, 0.15) is 6.04 Å². The lowest BCUT2D eigenvalue weighted by molar-refractivity contribution is -0.140. The zero-order chi connectivity index (χ0) is 12.0. The van der Waals surface area contributed by atoms with E-state index < -0.39 is 12.0 Å². The molecule has 0 radical (unpaired) electrons. The van der Waals surface area contributed by atoms with E-state index >= 15 is 0 Å². The van der Waals surface area contributed by atoms with Gasteiger partial charge in [0.15, 0.2) is 0 Å². The Morgan fingerprint density at radius 1 is 1.50 bits per heavy atom. The van der Waals surface area contributed by atoms with Crippen LogP contribution in [0.3, 0.4) is 0 Å². The molecular weight excluding hydrogens is 228 g/mol. The molecule has 0 saturated carbocycles. The molecule has 16 heavy (non-hydrogen) atoms. The van der Waals surface area contributed by atoms with Crippen molar-refractivity contribution in [2.24, 2.45) is 0 Å². The average molecular weight is 240 g/mol. The first-order valence-corrected chi connectivity index (χ1v) is 5.61. The van der Waals surface area contributed by atoms with Crippen LogP contribution in [0.1, 0.15) is 6.92 Å². The van der Waals surface area contributed by atoms with Gasteiger partial charge in [-0.25, -0.2) is 4.79 Å². The molecule has 0 spiro atoms. The van der Waals surface area contributed by atoms with E-state index in [9.17, 15) is 9.59 Å². The van der Waals surface area contributed by atoms with Crippen LogP contribution < -0.4 is 5.32 Å². The molecule has 0 fully saturated rings. The number of hydrogen-bond acceptors (Lipinski definition) is 4. The molecular formula is C10H12N2O3S. The first kappa shape index (κ1) is 12.5. The molecule has 1 atom stereocenters. The summed E-state index contributed by atoms with van der Waals surface area (Å²) in [4.78, 5) is 26.4. The molecule has 1 aromatic rings. The van der Waals surface area contributed by atoms with E-state index in [1.54, 1.807) is 24.5 Å². The van der Waals surface area contributed by atoms with Crippen molar-refractivity contribution in [3.63, 3.8) is 0 Å². The van der Waals surface area contributed by atoms with Gasteiger partial charge in [-0.2, -0.15) is 0 Å². The third-order valence-electron chi connectivity index (χ3n) is 1.74. The largest absolute Gasteiger partial charge is 0.480 e. The van der Waals surface area contributed by atoms with Crippen LogP contribution in [0.15, 0.2) is 29.4 Å². The van der Waals surface area contributed by atoms with E-state index in [1.165, 1.54) is 18.7 Å². The number of rotatable bonds is 5. The minimum atomic E-state index is -1.03. The summed E-state index contributed by atoms with van der Waals surface area (Å²) in [6.07, 6.45) is 3.27. The third kappa shape index (κ3) is 4.31. The number of carboxylic acids is 1. The number of hydrogen-bond donors (Lipinski definition) is 2. The lowest BCUT2D eigenvalue weighted by Crippen LogP contribution is -2.41. The van der Waals surface area contributed by atoms with Gasteiger partial charge in [0.05, 0.1) is 0 Å². The zero-order valence-corrected chi connectivity index (χ0v) is 9.53. The topological polar surface area (TPSA) is 79.3 Å². The maximum atomic E-state index is 10.8. The fraction of sp³-hybridized carbons (Fsp3) is 0.300. The summed E-state index contributed by atoms with van der Waals surface area (Å²) in [5, 5.41) is 11.2. The number of carbonyl (C=O) groups excluding carboxylic acids is 1. The second-order valence-corrected chi connectivity index (χ2v) is 4.18. The molecule has 1 amide bonds. The average Bonchev–Trinajstić information content (AvgIpc) is 2.25. The van der Waals surface area contributed by atoms with Crippen LogP contribution >= 0.6 is 11.8 Å². The molecule has 5 nitrogen and oxygen atoms in total. The van der Waals surface area contributed by atoms with Gasteiger partial charge in [0.25, 0.3) is 0 Å². The van der Waals surface area contributed by atoms with Crippen LogP contribution in [0.2, 0.25) is 0 Å². The van der Waals surface area contributed by atoms with Crippen LogP contribution in [0.25, 0.3) is 0 Å². The Morgan fingerprint density at radius 2 is 2.12 bits per heavy atom. The molecule has 1 unspecified atom stereocenters. The number of amides is 1. The highest BCUT2D eigenvalue weighted by atomic mass is 32.2. The van der Waals surface area contributed by atoms with Gasteiger partial charge in [-0.1, -0.05) is 0 Å². The van der Waals surface area contributed by atoms with Gasteiger partial charge < -0.3 is 10.4 Å². The Hall–Kier alpha value is -1.56. The minimum absolute atomic E-state index is 0.291. The highest BCUT2D eigenvalue weighted by molar-refractivity contribution is 7.99. The summed E-state index contributed by atoms with van der Waals surface area (Å²) in [5.41, 5.74) is 0. The number of aromatic nitrogens is 1. The van der Waals surface area contributed by atoms with Crippen molar-refractivity contribution >= 4 is 23.6 Å². The monoisotopic (exact) mass is 240 g/mol. The van der Waals surface area contributed by atoms with E-state index in [2.05, 4.69) is 10.3 Å². The predicted octanol–water partition coefficient (Wildman–Crippen LogP) is 0.763. The van der Waals surface area contributed by atoms with Gasteiger partial charge >= 0.3 is 5.97 Å². The second-order valence-electron chi connectivity index (χ2n) is 3.09. The van der Waals surface area contributed by atoms with Gasteiger partial charge in [-0.3, -0.25) is 9.78 Å². The van der Waals surface area contributed by atoms with Crippen LogP contribution in [0, 0.1) is 0 Å². The SMILES string of the molecule is CC(=O)NC(CSc1ccncc1)C(=O)O. The fourth-order valence-electron chi connectivity index (χ4n) is 1.03. The van der Waals surface area contributed by atoms with Crippen molar-refractivity contribution in [3.05, 3.63) is 24.5 Å². The van der Waals surface area contributed by atoms with E-state index in [0.29, 0.717) is 5.75 Å². The molecule has 2 N–H and O–H groups in total. The Labute approximate surface area is 97.3 Å². The summed E-state index contributed by atoms with van der Waals surface area (Å²) in [7, 11) is 0. The number of aliphatic carboxylic acids is 1. The molecule has 0 bridgehead atoms.